The van der Waals surface area contributed by atoms with Crippen LogP contribution in [0.3, 0.4) is 0 Å². The van der Waals surface area contributed by atoms with Gasteiger partial charge < -0.3 is 10.5 Å². The Labute approximate surface area is 115 Å². The van der Waals surface area contributed by atoms with E-state index in [-0.39, 0.29) is 0 Å². The SMILES string of the molecule is NCCCN(CC1COc2ccccc21)C1CCC1. The van der Waals surface area contributed by atoms with Crippen molar-refractivity contribution in [1.29, 1.82) is 0 Å². The highest BCUT2D eigenvalue weighted by Gasteiger charge is 2.30. The molecule has 0 saturated heterocycles. The molecular formula is C16H24N2O. The van der Waals surface area contributed by atoms with Gasteiger partial charge in [-0.15, -0.1) is 0 Å². The molecule has 1 aliphatic carbocycles. The molecule has 1 aliphatic heterocycles. The molecule has 1 atom stereocenters. The van der Waals surface area contributed by atoms with Crippen LogP contribution in [0.15, 0.2) is 24.3 Å². The van der Waals surface area contributed by atoms with E-state index in [9.17, 15) is 0 Å². The molecule has 0 bridgehead atoms. The molecule has 104 valence electrons. The standard InChI is InChI=1S/C16H24N2O/c17-9-4-10-18(14-5-3-6-14)11-13-12-19-16-8-2-1-7-15(13)16/h1-2,7-8,13-14H,3-6,9-12,17H2. The summed E-state index contributed by atoms with van der Waals surface area (Å²) in [5, 5.41) is 0. The van der Waals surface area contributed by atoms with E-state index < -0.39 is 0 Å². The Bertz CT molecular complexity index is 417. The van der Waals surface area contributed by atoms with Crippen molar-refractivity contribution in [3.63, 3.8) is 0 Å². The number of hydrogen-bond acceptors (Lipinski definition) is 3. The average Bonchev–Trinajstić information content (AvgIpc) is 2.77. The Hall–Kier alpha value is -1.06. The second-order valence-corrected chi connectivity index (χ2v) is 5.77. The first-order valence-electron chi connectivity index (χ1n) is 7.54. The smallest absolute Gasteiger partial charge is 0.122 e. The predicted molar refractivity (Wildman–Crippen MR) is 77.6 cm³/mol. The van der Waals surface area contributed by atoms with Gasteiger partial charge in [0.05, 0.1) is 6.61 Å². The van der Waals surface area contributed by atoms with E-state index in [1.807, 2.05) is 0 Å². The Balaban J connectivity index is 1.65. The molecule has 3 rings (SSSR count). The maximum absolute atomic E-state index is 5.80. The molecule has 0 spiro atoms. The summed E-state index contributed by atoms with van der Waals surface area (Å²) < 4.78 is 5.80. The van der Waals surface area contributed by atoms with Gasteiger partial charge >= 0.3 is 0 Å². The maximum atomic E-state index is 5.80. The van der Waals surface area contributed by atoms with Crippen molar-refractivity contribution in [2.45, 2.75) is 37.6 Å². The second kappa shape index (κ2) is 5.93. The number of nitrogens with zero attached hydrogens (tertiary/aromatic N) is 1. The first-order valence-corrected chi connectivity index (χ1v) is 7.54. The van der Waals surface area contributed by atoms with Gasteiger partial charge in [0, 0.05) is 24.1 Å². The molecule has 0 aromatic heterocycles. The van der Waals surface area contributed by atoms with Gasteiger partial charge in [-0.05, 0) is 38.4 Å². The molecule has 1 unspecified atom stereocenters. The fourth-order valence-corrected chi connectivity index (χ4v) is 3.13. The van der Waals surface area contributed by atoms with Gasteiger partial charge in [0.15, 0.2) is 0 Å². The number of hydrogen-bond donors (Lipinski definition) is 1. The number of rotatable bonds is 6. The number of ether oxygens (including phenoxy) is 1. The lowest BCUT2D eigenvalue weighted by Crippen LogP contribution is -2.43. The van der Waals surface area contributed by atoms with Gasteiger partial charge in [-0.25, -0.2) is 0 Å². The van der Waals surface area contributed by atoms with Crippen molar-refractivity contribution in [2.24, 2.45) is 5.73 Å². The summed E-state index contributed by atoms with van der Waals surface area (Å²) in [5.41, 5.74) is 7.06. The van der Waals surface area contributed by atoms with Crippen LogP contribution in [-0.4, -0.2) is 37.2 Å². The molecule has 1 saturated carbocycles. The molecule has 1 aromatic rings. The molecule has 1 heterocycles. The monoisotopic (exact) mass is 260 g/mol. The maximum Gasteiger partial charge on any atom is 0.122 e. The number of fused-ring (bicyclic) bond motifs is 1. The largest absolute Gasteiger partial charge is 0.493 e. The lowest BCUT2D eigenvalue weighted by atomic mass is 9.89. The molecule has 1 aromatic carbocycles. The number of nitrogens with two attached hydrogens (primary N) is 1. The van der Waals surface area contributed by atoms with E-state index in [0.717, 1.165) is 44.5 Å². The lowest BCUT2D eigenvalue weighted by Gasteiger charge is -2.38. The highest BCUT2D eigenvalue weighted by molar-refractivity contribution is 5.39. The molecule has 0 radical (unpaired) electrons. The van der Waals surface area contributed by atoms with E-state index in [1.54, 1.807) is 0 Å². The fraction of sp³-hybridized carbons (Fsp3) is 0.625. The van der Waals surface area contributed by atoms with Crippen LogP contribution in [0.25, 0.3) is 0 Å². The number of para-hydroxylation sites is 1. The highest BCUT2D eigenvalue weighted by Crippen LogP contribution is 2.35. The summed E-state index contributed by atoms with van der Waals surface area (Å²) in [4.78, 5) is 2.65. The molecule has 0 amide bonds. The van der Waals surface area contributed by atoms with E-state index in [4.69, 9.17) is 10.5 Å². The van der Waals surface area contributed by atoms with Crippen LogP contribution in [0, 0.1) is 0 Å². The average molecular weight is 260 g/mol. The van der Waals surface area contributed by atoms with Crippen molar-refractivity contribution in [2.75, 3.05) is 26.2 Å². The summed E-state index contributed by atoms with van der Waals surface area (Å²) in [7, 11) is 0. The van der Waals surface area contributed by atoms with Crippen LogP contribution < -0.4 is 10.5 Å². The summed E-state index contributed by atoms with van der Waals surface area (Å²) in [6.45, 7) is 3.90. The number of benzene rings is 1. The zero-order valence-electron chi connectivity index (χ0n) is 11.6. The third kappa shape index (κ3) is 2.77. The van der Waals surface area contributed by atoms with Gasteiger partial charge in [-0.1, -0.05) is 24.6 Å². The fourth-order valence-electron chi connectivity index (χ4n) is 3.13. The predicted octanol–water partition coefficient (Wildman–Crippen LogP) is 2.37. The first-order chi connectivity index (χ1) is 9.38. The van der Waals surface area contributed by atoms with Crippen LogP contribution in [0.1, 0.15) is 37.2 Å². The molecule has 3 nitrogen and oxygen atoms in total. The van der Waals surface area contributed by atoms with Crippen LogP contribution in [0.2, 0.25) is 0 Å². The van der Waals surface area contributed by atoms with Crippen LogP contribution in [0.5, 0.6) is 5.75 Å². The third-order valence-corrected chi connectivity index (χ3v) is 4.49. The topological polar surface area (TPSA) is 38.5 Å². The minimum Gasteiger partial charge on any atom is -0.493 e. The summed E-state index contributed by atoms with van der Waals surface area (Å²) in [6.07, 6.45) is 5.22. The first kappa shape index (κ1) is 12.9. The van der Waals surface area contributed by atoms with E-state index >= 15 is 0 Å². The van der Waals surface area contributed by atoms with Gasteiger partial charge in [0.2, 0.25) is 0 Å². The van der Waals surface area contributed by atoms with E-state index in [0.29, 0.717) is 5.92 Å². The Kier molecular flexibility index (Phi) is 4.04. The molecule has 3 heteroatoms. The van der Waals surface area contributed by atoms with Gasteiger partial charge in [-0.3, -0.25) is 4.90 Å². The normalized spacial score (nSPS) is 22.1. The van der Waals surface area contributed by atoms with E-state index in [1.165, 1.54) is 24.8 Å². The van der Waals surface area contributed by atoms with Gasteiger partial charge in [-0.2, -0.15) is 0 Å². The van der Waals surface area contributed by atoms with Crippen molar-refractivity contribution in [3.05, 3.63) is 29.8 Å². The summed E-state index contributed by atoms with van der Waals surface area (Å²) in [6, 6.07) is 9.27. The molecule has 2 N–H and O–H groups in total. The van der Waals surface area contributed by atoms with Crippen molar-refractivity contribution >= 4 is 0 Å². The van der Waals surface area contributed by atoms with Gasteiger partial charge in [0.1, 0.15) is 5.75 Å². The molecular weight excluding hydrogens is 236 g/mol. The zero-order chi connectivity index (χ0) is 13.1. The summed E-state index contributed by atoms with van der Waals surface area (Å²) in [5.74, 6) is 1.62. The van der Waals surface area contributed by atoms with Crippen LogP contribution >= 0.6 is 0 Å². The van der Waals surface area contributed by atoms with Crippen molar-refractivity contribution < 1.29 is 4.74 Å². The minimum absolute atomic E-state index is 0.537. The Morgan fingerprint density at radius 2 is 2.11 bits per heavy atom. The molecule has 1 fully saturated rings. The van der Waals surface area contributed by atoms with Crippen LogP contribution in [-0.2, 0) is 0 Å². The highest BCUT2D eigenvalue weighted by atomic mass is 16.5. The Morgan fingerprint density at radius 3 is 2.84 bits per heavy atom. The lowest BCUT2D eigenvalue weighted by molar-refractivity contribution is 0.114. The molecule has 2 aliphatic rings. The van der Waals surface area contributed by atoms with E-state index in [2.05, 4.69) is 29.2 Å². The second-order valence-electron chi connectivity index (χ2n) is 5.77. The quantitative estimate of drug-likeness (QED) is 0.853. The molecule has 19 heavy (non-hydrogen) atoms. The zero-order valence-corrected chi connectivity index (χ0v) is 11.6. The minimum atomic E-state index is 0.537. The van der Waals surface area contributed by atoms with Crippen molar-refractivity contribution in [3.8, 4) is 5.75 Å². The Morgan fingerprint density at radius 1 is 1.26 bits per heavy atom. The van der Waals surface area contributed by atoms with Gasteiger partial charge in [0.25, 0.3) is 0 Å². The third-order valence-electron chi connectivity index (χ3n) is 4.49. The summed E-state index contributed by atoms with van der Waals surface area (Å²) >= 11 is 0. The van der Waals surface area contributed by atoms with Crippen molar-refractivity contribution in [1.82, 2.24) is 4.90 Å². The van der Waals surface area contributed by atoms with Crippen LogP contribution in [0.4, 0.5) is 0 Å².